The quantitative estimate of drug-likeness (QED) is 0.624. The van der Waals surface area contributed by atoms with E-state index >= 15 is 0 Å². The van der Waals surface area contributed by atoms with Crippen molar-refractivity contribution in [2.75, 3.05) is 0 Å². The first-order chi connectivity index (χ1) is 11.2. The zero-order valence-electron chi connectivity index (χ0n) is 12.5. The van der Waals surface area contributed by atoms with Crippen LogP contribution in [-0.4, -0.2) is 20.0 Å². The molecule has 0 aliphatic rings. The average Bonchev–Trinajstić information content (AvgIpc) is 2.52. The van der Waals surface area contributed by atoms with Crippen molar-refractivity contribution in [3.8, 4) is 0 Å². The highest BCUT2D eigenvalue weighted by Crippen LogP contribution is 2.21. The van der Waals surface area contributed by atoms with Gasteiger partial charge in [-0.05, 0) is 42.8 Å². The minimum Gasteiger partial charge on any atom is -0.267 e. The van der Waals surface area contributed by atoms with Crippen LogP contribution in [0, 0.1) is 0 Å². The van der Waals surface area contributed by atoms with Gasteiger partial charge in [0, 0.05) is 10.6 Å². The Morgan fingerprint density at radius 2 is 1.67 bits per heavy atom. The molecule has 0 aliphatic carbocycles. The number of halogens is 2. The first kappa shape index (κ1) is 18.4. The predicted molar refractivity (Wildman–Crippen MR) is 94.0 cm³/mol. The number of nitrogens with one attached hydrogen (secondary N) is 1. The average molecular weight is 386 g/mol. The number of carbonyl (C=O) groups excluding carboxylic acids is 1. The van der Waals surface area contributed by atoms with Crippen molar-refractivity contribution < 1.29 is 13.2 Å². The summed E-state index contributed by atoms with van der Waals surface area (Å²) in [5.41, 5.74) is 3.75. The van der Waals surface area contributed by atoms with E-state index in [1.165, 1.54) is 12.1 Å². The van der Waals surface area contributed by atoms with E-state index in [0.717, 1.165) is 11.6 Å². The number of hydrogen-bond donors (Lipinski definition) is 2. The van der Waals surface area contributed by atoms with Gasteiger partial charge in [-0.25, -0.2) is 19.0 Å². The maximum absolute atomic E-state index is 12.1. The molecular formula is C15H13Cl2N3O3S. The van der Waals surface area contributed by atoms with Gasteiger partial charge in [0.05, 0.1) is 10.7 Å². The summed E-state index contributed by atoms with van der Waals surface area (Å²) in [6.45, 7) is 1.71. The number of sulfonamides is 1. The molecule has 2 aromatic rings. The summed E-state index contributed by atoms with van der Waals surface area (Å²) in [6.07, 6.45) is 0. The first-order valence-electron chi connectivity index (χ1n) is 6.61. The second-order valence-corrected chi connectivity index (χ2v) is 7.21. The highest BCUT2D eigenvalue weighted by Gasteiger charge is 2.16. The van der Waals surface area contributed by atoms with Gasteiger partial charge in [0.15, 0.2) is 0 Å². The fourth-order valence-electron chi connectivity index (χ4n) is 1.82. The van der Waals surface area contributed by atoms with Crippen molar-refractivity contribution in [2.45, 2.75) is 11.8 Å². The summed E-state index contributed by atoms with van der Waals surface area (Å²) in [7, 11) is -4.03. The van der Waals surface area contributed by atoms with Crippen molar-refractivity contribution >= 4 is 44.8 Å². The van der Waals surface area contributed by atoms with Gasteiger partial charge in [0.2, 0.25) is 10.0 Å². The molecule has 1 amide bonds. The van der Waals surface area contributed by atoms with Gasteiger partial charge < -0.3 is 0 Å². The van der Waals surface area contributed by atoms with Crippen LogP contribution in [0.2, 0.25) is 10.0 Å². The third-order valence-electron chi connectivity index (χ3n) is 3.09. The summed E-state index contributed by atoms with van der Waals surface area (Å²) in [4.78, 5) is 11.8. The second-order valence-electron chi connectivity index (χ2n) is 4.84. The molecule has 0 spiro atoms. The molecule has 0 radical (unpaired) electrons. The van der Waals surface area contributed by atoms with Gasteiger partial charge >= 0.3 is 0 Å². The topological polar surface area (TPSA) is 102 Å². The molecule has 3 N–H and O–H groups in total. The second kappa shape index (κ2) is 7.31. The fraction of sp³-hybridized carbons (Fsp3) is 0.0667. The molecule has 0 heterocycles. The number of hydrazone groups is 1. The molecular weight excluding hydrogens is 373 g/mol. The minimum absolute atomic E-state index is 0.0603. The number of nitrogens with two attached hydrogens (primary N) is 1. The van der Waals surface area contributed by atoms with Gasteiger partial charge in [0.1, 0.15) is 4.90 Å². The van der Waals surface area contributed by atoms with E-state index < -0.39 is 15.9 Å². The molecule has 6 nitrogen and oxygen atoms in total. The van der Waals surface area contributed by atoms with Crippen LogP contribution in [0.5, 0.6) is 0 Å². The van der Waals surface area contributed by atoms with E-state index in [0.29, 0.717) is 10.7 Å². The van der Waals surface area contributed by atoms with Crippen LogP contribution in [-0.2, 0) is 10.0 Å². The van der Waals surface area contributed by atoms with Crippen LogP contribution in [0.4, 0.5) is 0 Å². The third kappa shape index (κ3) is 4.55. The van der Waals surface area contributed by atoms with Crippen LogP contribution >= 0.6 is 23.2 Å². The largest absolute Gasteiger partial charge is 0.271 e. The molecule has 0 bridgehead atoms. The normalized spacial score (nSPS) is 12.1. The summed E-state index contributed by atoms with van der Waals surface area (Å²) >= 11 is 11.6. The number of nitrogens with zero attached hydrogens (tertiary/aromatic N) is 1. The zero-order chi connectivity index (χ0) is 17.9. The molecule has 0 saturated carbocycles. The maximum Gasteiger partial charge on any atom is 0.271 e. The lowest BCUT2D eigenvalue weighted by atomic mass is 10.1. The molecule has 2 rings (SSSR count). The molecule has 2 aromatic carbocycles. The molecule has 0 aromatic heterocycles. The van der Waals surface area contributed by atoms with Crippen LogP contribution in [0.15, 0.2) is 52.5 Å². The lowest BCUT2D eigenvalue weighted by Crippen LogP contribution is -2.20. The first-order valence-corrected chi connectivity index (χ1v) is 8.91. The molecule has 0 aliphatic heterocycles. The Hall–Kier alpha value is -1.93. The minimum atomic E-state index is -4.03. The lowest BCUT2D eigenvalue weighted by molar-refractivity contribution is 0.0954. The highest BCUT2D eigenvalue weighted by molar-refractivity contribution is 7.89. The summed E-state index contributed by atoms with van der Waals surface area (Å²) < 4.78 is 22.9. The van der Waals surface area contributed by atoms with Crippen molar-refractivity contribution in [2.24, 2.45) is 10.2 Å². The van der Waals surface area contributed by atoms with Gasteiger partial charge in [-0.2, -0.15) is 5.10 Å². The summed E-state index contributed by atoms with van der Waals surface area (Å²) in [6, 6.07) is 10.7. The smallest absolute Gasteiger partial charge is 0.267 e. The molecule has 0 fully saturated rings. The maximum atomic E-state index is 12.1. The van der Waals surface area contributed by atoms with E-state index in [1.54, 1.807) is 31.2 Å². The number of carbonyl (C=O) groups is 1. The molecule has 0 saturated heterocycles. The predicted octanol–water partition coefficient (Wildman–Crippen LogP) is 2.79. The van der Waals surface area contributed by atoms with E-state index in [-0.39, 0.29) is 15.5 Å². The Kier molecular flexibility index (Phi) is 5.61. The number of rotatable bonds is 4. The standard InChI is InChI=1S/C15H13Cl2N3O3S/c1-9(10-2-5-12(16)6-3-10)19-20-15(21)11-4-7-13(17)14(8-11)24(18,22)23/h2-8H,1H3,(H,20,21)(H2,18,22,23)/b19-9-. The van der Waals surface area contributed by atoms with Gasteiger partial charge in [-0.1, -0.05) is 35.3 Å². The van der Waals surface area contributed by atoms with Crippen LogP contribution in [0.1, 0.15) is 22.8 Å². The van der Waals surface area contributed by atoms with Crippen LogP contribution in [0.25, 0.3) is 0 Å². The number of amides is 1. The Balaban J connectivity index is 2.21. The highest BCUT2D eigenvalue weighted by atomic mass is 35.5. The SMILES string of the molecule is C/C(=N/NC(=O)c1ccc(Cl)c(S(N)(=O)=O)c1)c1ccc(Cl)cc1. The van der Waals surface area contributed by atoms with E-state index in [4.69, 9.17) is 28.3 Å². The van der Waals surface area contributed by atoms with Crippen molar-refractivity contribution in [1.29, 1.82) is 0 Å². The molecule has 9 heteroatoms. The van der Waals surface area contributed by atoms with Crippen LogP contribution in [0.3, 0.4) is 0 Å². The number of primary sulfonamides is 1. The van der Waals surface area contributed by atoms with E-state index in [9.17, 15) is 13.2 Å². The van der Waals surface area contributed by atoms with Gasteiger partial charge in [0.25, 0.3) is 5.91 Å². The van der Waals surface area contributed by atoms with E-state index in [1.807, 2.05) is 0 Å². The monoisotopic (exact) mass is 385 g/mol. The zero-order valence-corrected chi connectivity index (χ0v) is 14.8. The number of hydrogen-bond acceptors (Lipinski definition) is 4. The van der Waals surface area contributed by atoms with Crippen molar-refractivity contribution in [3.05, 3.63) is 63.6 Å². The van der Waals surface area contributed by atoms with Crippen LogP contribution < -0.4 is 10.6 Å². The molecule has 0 atom stereocenters. The summed E-state index contributed by atoms with van der Waals surface area (Å²) in [5.74, 6) is -0.593. The Morgan fingerprint density at radius 3 is 2.25 bits per heavy atom. The Morgan fingerprint density at radius 1 is 1.08 bits per heavy atom. The van der Waals surface area contributed by atoms with Gasteiger partial charge in [-0.15, -0.1) is 0 Å². The van der Waals surface area contributed by atoms with Crippen molar-refractivity contribution in [3.63, 3.8) is 0 Å². The third-order valence-corrected chi connectivity index (χ3v) is 4.73. The molecule has 126 valence electrons. The van der Waals surface area contributed by atoms with Gasteiger partial charge in [-0.3, -0.25) is 4.79 Å². The fourth-order valence-corrected chi connectivity index (χ4v) is 3.01. The molecule has 24 heavy (non-hydrogen) atoms. The summed E-state index contributed by atoms with van der Waals surface area (Å²) in [5, 5.41) is 9.56. The Bertz CT molecular complexity index is 910. The number of benzene rings is 2. The van der Waals surface area contributed by atoms with E-state index in [2.05, 4.69) is 10.5 Å². The van der Waals surface area contributed by atoms with Crippen molar-refractivity contribution in [1.82, 2.24) is 5.43 Å². The molecule has 0 unspecified atom stereocenters. The Labute approximate surface area is 149 Å². The lowest BCUT2D eigenvalue weighted by Gasteiger charge is -2.06.